The maximum absolute atomic E-state index is 13.4. The molecular weight excluding hydrogens is 537 g/mol. The number of nitrogens with zero attached hydrogens (tertiary/aromatic N) is 1. The molecule has 0 bridgehead atoms. The lowest BCUT2D eigenvalue weighted by molar-refractivity contribution is 0.301. The lowest BCUT2D eigenvalue weighted by Crippen LogP contribution is -1.98. The Balaban J connectivity index is 1.41. The third kappa shape index (κ3) is 6.05. The number of hydrogen-bond donors (Lipinski definition) is 0. The summed E-state index contributed by atoms with van der Waals surface area (Å²) in [5.41, 5.74) is 2.46. The van der Waals surface area contributed by atoms with Gasteiger partial charge in [0.1, 0.15) is 29.7 Å². The molecule has 0 saturated heterocycles. The van der Waals surface area contributed by atoms with Crippen LogP contribution in [-0.4, -0.2) is 6.21 Å². The molecule has 4 aromatic rings. The normalized spacial score (nSPS) is 11.0. The second-order valence-corrected chi connectivity index (χ2v) is 8.61. The molecule has 0 aliphatic heterocycles. The summed E-state index contributed by atoms with van der Waals surface area (Å²) in [6, 6.07) is 27.4. The van der Waals surface area contributed by atoms with Gasteiger partial charge in [-0.15, -0.1) is 0 Å². The Morgan fingerprint density at radius 3 is 2.16 bits per heavy atom. The van der Waals surface area contributed by atoms with E-state index < -0.39 is 0 Å². The Hall–Kier alpha value is -2.96. The van der Waals surface area contributed by atoms with Crippen LogP contribution in [0, 0.1) is 5.82 Å². The van der Waals surface area contributed by atoms with E-state index in [1.54, 1.807) is 12.3 Å². The van der Waals surface area contributed by atoms with Gasteiger partial charge in [-0.05, 0) is 104 Å². The summed E-state index contributed by atoms with van der Waals surface area (Å²) < 4.78 is 26.6. The molecule has 160 valence electrons. The average Bonchev–Trinajstić information content (AvgIpc) is 2.79. The Morgan fingerprint density at radius 2 is 1.47 bits per heavy atom. The summed E-state index contributed by atoms with van der Waals surface area (Å²) in [7, 11) is 0. The summed E-state index contributed by atoms with van der Waals surface area (Å²) >= 11 is 7.09. The molecule has 0 N–H and O–H groups in total. The summed E-state index contributed by atoms with van der Waals surface area (Å²) in [6.45, 7) is 0.264. The first-order valence-electron chi connectivity index (χ1n) is 9.80. The standard InChI is InChI=1S/C26H18Br2FNO2/c27-24-14-19(15-25(28)26(24)31-17-18-5-4-6-20(29)13-18)16-30-21-9-11-23(12-10-21)32-22-7-2-1-3-8-22/h1-16H,17H2. The number of para-hydroxylation sites is 1. The molecule has 0 fully saturated rings. The number of aliphatic imine (C=N–C) groups is 1. The SMILES string of the molecule is Fc1cccc(COc2c(Br)cc(C=Nc3ccc(Oc4ccccc4)cc3)cc2Br)c1. The largest absolute Gasteiger partial charge is 0.487 e. The quantitative estimate of drug-likeness (QED) is 0.214. The molecule has 32 heavy (non-hydrogen) atoms. The Kier molecular flexibility index (Phi) is 7.35. The van der Waals surface area contributed by atoms with Crippen molar-refractivity contribution in [2.45, 2.75) is 6.61 Å². The summed E-state index contributed by atoms with van der Waals surface area (Å²) in [6.07, 6.45) is 1.78. The van der Waals surface area contributed by atoms with Crippen molar-refractivity contribution in [2.24, 2.45) is 4.99 Å². The minimum absolute atomic E-state index is 0.264. The van der Waals surface area contributed by atoms with Gasteiger partial charge in [0.15, 0.2) is 0 Å². The van der Waals surface area contributed by atoms with Gasteiger partial charge in [-0.3, -0.25) is 4.99 Å². The highest BCUT2D eigenvalue weighted by Gasteiger charge is 2.09. The van der Waals surface area contributed by atoms with Crippen molar-refractivity contribution in [1.82, 2.24) is 0 Å². The second kappa shape index (κ2) is 10.6. The molecule has 0 aromatic heterocycles. The van der Waals surface area contributed by atoms with E-state index >= 15 is 0 Å². The predicted molar refractivity (Wildman–Crippen MR) is 133 cm³/mol. The molecule has 0 unspecified atom stereocenters. The van der Waals surface area contributed by atoms with E-state index in [1.807, 2.05) is 72.8 Å². The Morgan fingerprint density at radius 1 is 0.781 bits per heavy atom. The van der Waals surface area contributed by atoms with Crippen molar-refractivity contribution in [3.05, 3.63) is 117 Å². The van der Waals surface area contributed by atoms with Gasteiger partial charge in [0.2, 0.25) is 0 Å². The van der Waals surface area contributed by atoms with Crippen LogP contribution in [0.5, 0.6) is 17.2 Å². The highest BCUT2D eigenvalue weighted by Crippen LogP contribution is 2.35. The molecule has 0 aliphatic rings. The number of hydrogen-bond acceptors (Lipinski definition) is 3. The van der Waals surface area contributed by atoms with Crippen molar-refractivity contribution in [1.29, 1.82) is 0 Å². The molecule has 0 atom stereocenters. The van der Waals surface area contributed by atoms with Gasteiger partial charge in [-0.2, -0.15) is 0 Å². The van der Waals surface area contributed by atoms with Crippen molar-refractivity contribution in [3.8, 4) is 17.2 Å². The average molecular weight is 555 g/mol. The van der Waals surface area contributed by atoms with Crippen molar-refractivity contribution in [2.75, 3.05) is 0 Å². The highest BCUT2D eigenvalue weighted by molar-refractivity contribution is 9.11. The van der Waals surface area contributed by atoms with E-state index in [2.05, 4.69) is 36.9 Å². The molecule has 0 saturated carbocycles. The Bertz CT molecular complexity index is 1210. The molecule has 4 aromatic carbocycles. The topological polar surface area (TPSA) is 30.8 Å². The molecular formula is C26H18Br2FNO2. The molecule has 3 nitrogen and oxygen atoms in total. The number of benzene rings is 4. The zero-order chi connectivity index (χ0) is 22.3. The minimum Gasteiger partial charge on any atom is -0.487 e. The summed E-state index contributed by atoms with van der Waals surface area (Å²) in [5, 5.41) is 0. The van der Waals surface area contributed by atoms with E-state index in [9.17, 15) is 4.39 Å². The van der Waals surface area contributed by atoms with E-state index in [0.29, 0.717) is 5.75 Å². The summed E-state index contributed by atoms with van der Waals surface area (Å²) in [4.78, 5) is 4.54. The maximum Gasteiger partial charge on any atom is 0.148 e. The van der Waals surface area contributed by atoms with Gasteiger partial charge in [-0.1, -0.05) is 30.3 Å². The lowest BCUT2D eigenvalue weighted by Gasteiger charge is -2.11. The first-order valence-corrected chi connectivity index (χ1v) is 11.4. The van der Waals surface area contributed by atoms with Gasteiger partial charge < -0.3 is 9.47 Å². The van der Waals surface area contributed by atoms with Gasteiger partial charge in [0, 0.05) is 6.21 Å². The van der Waals surface area contributed by atoms with Gasteiger partial charge >= 0.3 is 0 Å². The van der Waals surface area contributed by atoms with Gasteiger partial charge in [0.05, 0.1) is 14.6 Å². The minimum atomic E-state index is -0.282. The van der Waals surface area contributed by atoms with Crippen LogP contribution >= 0.6 is 31.9 Å². The zero-order valence-electron chi connectivity index (χ0n) is 16.8. The third-order valence-corrected chi connectivity index (χ3v) is 5.65. The smallest absolute Gasteiger partial charge is 0.148 e. The van der Waals surface area contributed by atoms with Crippen LogP contribution in [0.15, 0.2) is 105 Å². The van der Waals surface area contributed by atoms with Crippen LogP contribution in [-0.2, 0) is 6.61 Å². The van der Waals surface area contributed by atoms with E-state index in [4.69, 9.17) is 9.47 Å². The molecule has 0 radical (unpaired) electrons. The number of ether oxygens (including phenoxy) is 2. The van der Waals surface area contributed by atoms with Crippen LogP contribution in [0.4, 0.5) is 10.1 Å². The van der Waals surface area contributed by atoms with E-state index in [-0.39, 0.29) is 12.4 Å². The maximum atomic E-state index is 13.4. The second-order valence-electron chi connectivity index (χ2n) is 6.90. The molecule has 4 rings (SSSR count). The van der Waals surface area contributed by atoms with Crippen molar-refractivity contribution in [3.63, 3.8) is 0 Å². The fourth-order valence-corrected chi connectivity index (χ4v) is 4.40. The van der Waals surface area contributed by atoms with Gasteiger partial charge in [-0.25, -0.2) is 4.39 Å². The number of rotatable bonds is 7. The fourth-order valence-electron chi connectivity index (χ4n) is 2.95. The monoisotopic (exact) mass is 553 g/mol. The molecule has 6 heteroatoms. The zero-order valence-corrected chi connectivity index (χ0v) is 20.0. The van der Waals surface area contributed by atoms with Crippen LogP contribution < -0.4 is 9.47 Å². The van der Waals surface area contributed by atoms with Crippen LogP contribution in [0.3, 0.4) is 0 Å². The highest BCUT2D eigenvalue weighted by atomic mass is 79.9. The van der Waals surface area contributed by atoms with Crippen molar-refractivity contribution < 1.29 is 13.9 Å². The lowest BCUT2D eigenvalue weighted by atomic mass is 10.2. The predicted octanol–water partition coefficient (Wildman–Crippen LogP) is 8.47. The molecule has 0 aliphatic carbocycles. The summed E-state index contributed by atoms with van der Waals surface area (Å²) in [5.74, 6) is 1.91. The van der Waals surface area contributed by atoms with E-state index in [0.717, 1.165) is 37.3 Å². The molecule has 0 spiro atoms. The van der Waals surface area contributed by atoms with Gasteiger partial charge in [0.25, 0.3) is 0 Å². The van der Waals surface area contributed by atoms with E-state index in [1.165, 1.54) is 12.1 Å². The number of halogens is 3. The van der Waals surface area contributed by atoms with Crippen molar-refractivity contribution >= 4 is 43.8 Å². The molecule has 0 heterocycles. The molecule has 0 amide bonds. The van der Waals surface area contributed by atoms with Crippen LogP contribution in [0.25, 0.3) is 0 Å². The fraction of sp³-hybridized carbons (Fsp3) is 0.0385. The van der Waals surface area contributed by atoms with Crippen LogP contribution in [0.2, 0.25) is 0 Å². The Labute approximate surface area is 202 Å². The third-order valence-electron chi connectivity index (χ3n) is 4.47. The first-order chi connectivity index (χ1) is 15.6. The first kappa shape index (κ1) is 22.2. The van der Waals surface area contributed by atoms with Crippen LogP contribution in [0.1, 0.15) is 11.1 Å².